The molecule has 0 spiro atoms. The van der Waals surface area contributed by atoms with Crippen molar-refractivity contribution in [2.45, 2.75) is 65.0 Å². The lowest BCUT2D eigenvalue weighted by molar-refractivity contribution is -0.124. The van der Waals surface area contributed by atoms with E-state index in [1.54, 1.807) is 0 Å². The molecular formula is C15H31N3O. The number of nitrogens with zero attached hydrogens (tertiary/aromatic N) is 1. The maximum absolute atomic E-state index is 12.0. The van der Waals surface area contributed by atoms with Crippen molar-refractivity contribution in [3.05, 3.63) is 0 Å². The number of hydrogen-bond donors (Lipinski definition) is 2. The van der Waals surface area contributed by atoms with Crippen LogP contribution in [0.2, 0.25) is 0 Å². The summed E-state index contributed by atoms with van der Waals surface area (Å²) in [4.78, 5) is 14.5. The fourth-order valence-electron chi connectivity index (χ4n) is 2.54. The molecule has 0 aliphatic carbocycles. The first-order chi connectivity index (χ1) is 8.88. The molecule has 19 heavy (non-hydrogen) atoms. The van der Waals surface area contributed by atoms with E-state index in [0.717, 1.165) is 19.5 Å². The summed E-state index contributed by atoms with van der Waals surface area (Å²) in [6, 6.07) is -0.387. The van der Waals surface area contributed by atoms with Crippen LogP contribution in [0.1, 0.15) is 53.4 Å². The predicted molar refractivity (Wildman–Crippen MR) is 79.9 cm³/mol. The van der Waals surface area contributed by atoms with E-state index in [2.05, 4.69) is 31.0 Å². The van der Waals surface area contributed by atoms with Crippen molar-refractivity contribution < 1.29 is 4.79 Å². The molecule has 2 atom stereocenters. The molecule has 1 unspecified atom stereocenters. The minimum absolute atomic E-state index is 0.0144. The van der Waals surface area contributed by atoms with Gasteiger partial charge in [0.05, 0.1) is 6.04 Å². The molecule has 1 amide bonds. The quantitative estimate of drug-likeness (QED) is 0.772. The Morgan fingerprint density at radius 2 is 1.89 bits per heavy atom. The van der Waals surface area contributed by atoms with Crippen LogP contribution in [0.5, 0.6) is 0 Å². The molecule has 112 valence electrons. The molecule has 0 saturated carbocycles. The van der Waals surface area contributed by atoms with Crippen molar-refractivity contribution in [1.82, 2.24) is 10.2 Å². The lowest BCUT2D eigenvalue weighted by Gasteiger charge is -2.41. The van der Waals surface area contributed by atoms with Crippen LogP contribution in [0.3, 0.4) is 0 Å². The highest BCUT2D eigenvalue weighted by molar-refractivity contribution is 5.81. The molecule has 4 nitrogen and oxygen atoms in total. The predicted octanol–water partition coefficient (Wildman–Crippen LogP) is 1.74. The van der Waals surface area contributed by atoms with Gasteiger partial charge in [0.1, 0.15) is 0 Å². The van der Waals surface area contributed by atoms with E-state index in [1.165, 1.54) is 19.3 Å². The van der Waals surface area contributed by atoms with Crippen LogP contribution < -0.4 is 11.1 Å². The van der Waals surface area contributed by atoms with E-state index in [9.17, 15) is 4.79 Å². The number of nitrogens with one attached hydrogen (secondary N) is 1. The molecular weight excluding hydrogens is 238 g/mol. The summed E-state index contributed by atoms with van der Waals surface area (Å²) in [5.74, 6) is 0.220. The molecule has 0 radical (unpaired) electrons. The smallest absolute Gasteiger partial charge is 0.237 e. The van der Waals surface area contributed by atoms with Gasteiger partial charge in [-0.2, -0.15) is 0 Å². The van der Waals surface area contributed by atoms with Gasteiger partial charge in [0.2, 0.25) is 5.91 Å². The Balaban J connectivity index is 2.43. The van der Waals surface area contributed by atoms with Gasteiger partial charge in [-0.25, -0.2) is 0 Å². The highest BCUT2D eigenvalue weighted by Crippen LogP contribution is 2.19. The van der Waals surface area contributed by atoms with Gasteiger partial charge >= 0.3 is 0 Å². The average Bonchev–Trinajstić information content (AvgIpc) is 2.44. The number of hydrogen-bond acceptors (Lipinski definition) is 3. The Bertz CT molecular complexity index is 285. The zero-order chi connectivity index (χ0) is 14.5. The largest absolute Gasteiger partial charge is 0.353 e. The Morgan fingerprint density at radius 1 is 1.32 bits per heavy atom. The van der Waals surface area contributed by atoms with E-state index in [1.807, 2.05) is 6.92 Å². The van der Waals surface area contributed by atoms with E-state index in [4.69, 9.17) is 5.73 Å². The van der Waals surface area contributed by atoms with Gasteiger partial charge in [-0.05, 0) is 45.7 Å². The fourth-order valence-corrected chi connectivity index (χ4v) is 2.54. The maximum Gasteiger partial charge on any atom is 0.237 e. The lowest BCUT2D eigenvalue weighted by Crippen LogP contribution is -2.55. The zero-order valence-corrected chi connectivity index (χ0v) is 13.0. The molecule has 0 bridgehead atoms. The number of piperidine rings is 1. The van der Waals surface area contributed by atoms with Gasteiger partial charge in [-0.1, -0.05) is 26.7 Å². The Hall–Kier alpha value is -0.610. The topological polar surface area (TPSA) is 58.4 Å². The first-order valence-corrected chi connectivity index (χ1v) is 7.67. The van der Waals surface area contributed by atoms with Crippen molar-refractivity contribution in [2.24, 2.45) is 11.7 Å². The first-order valence-electron chi connectivity index (χ1n) is 7.67. The number of carbonyl (C=O) groups is 1. The molecule has 1 heterocycles. The second-order valence-electron chi connectivity index (χ2n) is 6.49. The van der Waals surface area contributed by atoms with Crippen LogP contribution in [-0.2, 0) is 4.79 Å². The molecule has 1 saturated heterocycles. The molecule has 0 aromatic carbocycles. The van der Waals surface area contributed by atoms with Gasteiger partial charge in [0.25, 0.3) is 0 Å². The molecule has 3 N–H and O–H groups in total. The highest BCUT2D eigenvalue weighted by Gasteiger charge is 2.29. The summed E-state index contributed by atoms with van der Waals surface area (Å²) >= 11 is 0. The summed E-state index contributed by atoms with van der Waals surface area (Å²) in [5, 5.41) is 3.03. The standard InChI is InChI=1S/C15H31N3O/c1-5-12(2)13(16)14(19)17-11-15(3,4)18-9-7-6-8-10-18/h12-13H,5-11,16H2,1-4H3,(H,17,19)/t12?,13-/m0/s1. The summed E-state index contributed by atoms with van der Waals surface area (Å²) in [7, 11) is 0. The van der Waals surface area contributed by atoms with Crippen LogP contribution in [-0.4, -0.2) is 42.0 Å². The lowest BCUT2D eigenvalue weighted by atomic mass is 9.97. The second-order valence-corrected chi connectivity index (χ2v) is 6.49. The third-order valence-electron chi connectivity index (χ3n) is 4.47. The second kappa shape index (κ2) is 7.25. The minimum Gasteiger partial charge on any atom is -0.353 e. The van der Waals surface area contributed by atoms with Gasteiger partial charge < -0.3 is 11.1 Å². The Labute approximate surface area is 118 Å². The summed E-state index contributed by atoms with van der Waals surface area (Å²) < 4.78 is 0. The molecule has 1 fully saturated rings. The van der Waals surface area contributed by atoms with Gasteiger partial charge in [0.15, 0.2) is 0 Å². The number of amides is 1. The fraction of sp³-hybridized carbons (Fsp3) is 0.933. The van der Waals surface area contributed by atoms with Gasteiger partial charge in [-0.15, -0.1) is 0 Å². The summed E-state index contributed by atoms with van der Waals surface area (Å²) in [6.07, 6.45) is 4.80. The van der Waals surface area contributed by atoms with Gasteiger partial charge in [-0.3, -0.25) is 9.69 Å². The van der Waals surface area contributed by atoms with E-state index in [0.29, 0.717) is 6.54 Å². The molecule has 0 aromatic heterocycles. The average molecular weight is 269 g/mol. The molecule has 1 rings (SSSR count). The minimum atomic E-state index is -0.387. The van der Waals surface area contributed by atoms with Crippen molar-refractivity contribution >= 4 is 5.91 Å². The molecule has 0 aromatic rings. The van der Waals surface area contributed by atoms with E-state index >= 15 is 0 Å². The van der Waals surface area contributed by atoms with Crippen molar-refractivity contribution in [3.8, 4) is 0 Å². The third kappa shape index (κ3) is 4.77. The first kappa shape index (κ1) is 16.4. The Kier molecular flexibility index (Phi) is 6.27. The van der Waals surface area contributed by atoms with Crippen LogP contribution in [0.25, 0.3) is 0 Å². The summed E-state index contributed by atoms with van der Waals surface area (Å²) in [5.41, 5.74) is 5.97. The number of likely N-dealkylation sites (tertiary alicyclic amines) is 1. The zero-order valence-electron chi connectivity index (χ0n) is 13.0. The Morgan fingerprint density at radius 3 is 2.42 bits per heavy atom. The van der Waals surface area contributed by atoms with Crippen LogP contribution >= 0.6 is 0 Å². The number of carbonyl (C=O) groups excluding carboxylic acids is 1. The SMILES string of the molecule is CCC(C)[C@H](N)C(=O)NCC(C)(C)N1CCCCC1. The monoisotopic (exact) mass is 269 g/mol. The number of rotatable bonds is 6. The molecule has 1 aliphatic heterocycles. The van der Waals surface area contributed by atoms with Crippen molar-refractivity contribution in [2.75, 3.05) is 19.6 Å². The maximum atomic E-state index is 12.0. The highest BCUT2D eigenvalue weighted by atomic mass is 16.2. The van der Waals surface area contributed by atoms with Crippen LogP contribution in [0, 0.1) is 5.92 Å². The van der Waals surface area contributed by atoms with E-state index < -0.39 is 0 Å². The number of nitrogens with two attached hydrogens (primary N) is 1. The van der Waals surface area contributed by atoms with Crippen molar-refractivity contribution in [1.29, 1.82) is 0 Å². The normalized spacial score (nSPS) is 20.9. The molecule has 1 aliphatic rings. The van der Waals surface area contributed by atoms with Gasteiger partial charge in [0, 0.05) is 12.1 Å². The van der Waals surface area contributed by atoms with Crippen LogP contribution in [0.4, 0.5) is 0 Å². The van der Waals surface area contributed by atoms with E-state index in [-0.39, 0.29) is 23.4 Å². The summed E-state index contributed by atoms with van der Waals surface area (Å²) in [6.45, 7) is 11.5. The van der Waals surface area contributed by atoms with Crippen molar-refractivity contribution in [3.63, 3.8) is 0 Å². The third-order valence-corrected chi connectivity index (χ3v) is 4.47. The van der Waals surface area contributed by atoms with Crippen LogP contribution in [0.15, 0.2) is 0 Å². The molecule has 4 heteroatoms.